The van der Waals surface area contributed by atoms with Crippen molar-refractivity contribution in [3.63, 3.8) is 0 Å². The second-order valence-corrected chi connectivity index (χ2v) is 5.07. The van der Waals surface area contributed by atoms with Crippen molar-refractivity contribution in [1.82, 2.24) is 9.97 Å². The summed E-state index contributed by atoms with van der Waals surface area (Å²) in [5.41, 5.74) is 2.20. The molecule has 1 heterocycles. The third kappa shape index (κ3) is 3.78. The Bertz CT molecular complexity index is 396. The van der Waals surface area contributed by atoms with Crippen LogP contribution in [0.2, 0.25) is 0 Å². The molecular weight excluding hydrogens is 242 g/mol. The van der Waals surface area contributed by atoms with Crippen LogP contribution in [-0.4, -0.2) is 27.2 Å². The highest BCUT2D eigenvalue weighted by molar-refractivity contribution is 5.48. The third-order valence-corrected chi connectivity index (χ3v) is 3.46. The minimum Gasteiger partial charge on any atom is -0.394 e. The number of aromatic nitrogens is 2. The fourth-order valence-corrected chi connectivity index (χ4v) is 1.82. The van der Waals surface area contributed by atoms with E-state index >= 15 is 0 Å². The number of nitrogens with two attached hydrogens (primary N) is 1. The van der Waals surface area contributed by atoms with Crippen LogP contribution < -0.4 is 16.6 Å². The largest absolute Gasteiger partial charge is 0.394 e. The third-order valence-electron chi connectivity index (χ3n) is 3.46. The molecule has 0 fully saturated rings. The molecule has 0 atom stereocenters. The molecule has 5 N–H and O–H groups in total. The fraction of sp³-hybridized carbons (Fsp3) is 0.692. The van der Waals surface area contributed by atoms with Gasteiger partial charge in [0.25, 0.3) is 0 Å². The maximum Gasteiger partial charge on any atom is 0.145 e. The standard InChI is InChI=1S/C13H25N5O/c1-5-13(6-2,8-19)17-10-7-11(18-14)16-12(15-10)9(3)4/h7,9,19H,5-6,8,14H2,1-4H3,(H2,15,16,17,18). The first-order valence-electron chi connectivity index (χ1n) is 6.74. The van der Waals surface area contributed by atoms with Crippen LogP contribution in [0.1, 0.15) is 52.3 Å². The van der Waals surface area contributed by atoms with Crippen molar-refractivity contribution in [2.45, 2.75) is 52.0 Å². The summed E-state index contributed by atoms with van der Waals surface area (Å²) in [6.07, 6.45) is 1.62. The molecule has 6 heteroatoms. The summed E-state index contributed by atoms with van der Waals surface area (Å²) in [5.74, 6) is 7.61. The van der Waals surface area contributed by atoms with Crippen LogP contribution in [0, 0.1) is 0 Å². The molecule has 0 saturated heterocycles. The maximum atomic E-state index is 9.60. The molecule has 0 aliphatic carbocycles. The minimum atomic E-state index is -0.353. The van der Waals surface area contributed by atoms with E-state index in [4.69, 9.17) is 5.84 Å². The second kappa shape index (κ2) is 6.68. The molecule has 6 nitrogen and oxygen atoms in total. The smallest absolute Gasteiger partial charge is 0.145 e. The first-order valence-corrected chi connectivity index (χ1v) is 6.74. The van der Waals surface area contributed by atoms with Gasteiger partial charge in [-0.05, 0) is 12.8 Å². The highest BCUT2D eigenvalue weighted by Crippen LogP contribution is 2.23. The molecule has 0 bridgehead atoms. The lowest BCUT2D eigenvalue weighted by Crippen LogP contribution is -2.41. The van der Waals surface area contributed by atoms with Crippen molar-refractivity contribution >= 4 is 11.6 Å². The van der Waals surface area contributed by atoms with E-state index in [1.54, 1.807) is 6.07 Å². The summed E-state index contributed by atoms with van der Waals surface area (Å²) >= 11 is 0. The number of hydrogen-bond donors (Lipinski definition) is 4. The molecule has 1 aromatic rings. The average molecular weight is 267 g/mol. The topological polar surface area (TPSA) is 96.1 Å². The van der Waals surface area contributed by atoms with Gasteiger partial charge in [-0.15, -0.1) is 0 Å². The van der Waals surface area contributed by atoms with E-state index in [1.807, 2.05) is 27.7 Å². The van der Waals surface area contributed by atoms with Crippen LogP contribution in [0.3, 0.4) is 0 Å². The maximum absolute atomic E-state index is 9.60. The number of nitrogens with zero attached hydrogens (tertiary/aromatic N) is 2. The number of hydrazine groups is 1. The summed E-state index contributed by atoms with van der Waals surface area (Å²) in [5, 5.41) is 12.9. The number of nitrogen functional groups attached to an aromatic ring is 1. The number of hydrogen-bond acceptors (Lipinski definition) is 6. The molecule has 0 saturated carbocycles. The first kappa shape index (κ1) is 15.7. The Hall–Kier alpha value is -1.40. The lowest BCUT2D eigenvalue weighted by atomic mass is 9.94. The van der Waals surface area contributed by atoms with Crippen LogP contribution >= 0.6 is 0 Å². The molecule has 0 spiro atoms. The summed E-state index contributed by atoms with van der Waals surface area (Å²) in [6, 6.07) is 1.75. The number of nitrogens with one attached hydrogen (secondary N) is 2. The van der Waals surface area contributed by atoms with Gasteiger partial charge in [0, 0.05) is 12.0 Å². The lowest BCUT2D eigenvalue weighted by molar-refractivity contribution is 0.202. The summed E-state index contributed by atoms with van der Waals surface area (Å²) in [7, 11) is 0. The Morgan fingerprint density at radius 3 is 2.26 bits per heavy atom. The van der Waals surface area contributed by atoms with Crippen LogP contribution in [0.5, 0.6) is 0 Å². The second-order valence-electron chi connectivity index (χ2n) is 5.07. The molecule has 0 aromatic carbocycles. The monoisotopic (exact) mass is 267 g/mol. The van der Waals surface area contributed by atoms with Crippen molar-refractivity contribution < 1.29 is 5.11 Å². The van der Waals surface area contributed by atoms with Crippen molar-refractivity contribution in [3.8, 4) is 0 Å². The highest BCUT2D eigenvalue weighted by Gasteiger charge is 2.25. The Morgan fingerprint density at radius 1 is 1.26 bits per heavy atom. The van der Waals surface area contributed by atoms with Crippen molar-refractivity contribution in [3.05, 3.63) is 11.9 Å². The molecule has 1 aromatic heterocycles. The number of aliphatic hydroxyl groups excluding tert-OH is 1. The summed E-state index contributed by atoms with van der Waals surface area (Å²) in [4.78, 5) is 8.79. The van der Waals surface area contributed by atoms with Gasteiger partial charge in [0.15, 0.2) is 0 Å². The lowest BCUT2D eigenvalue weighted by Gasteiger charge is -2.31. The molecular formula is C13H25N5O. The quantitative estimate of drug-likeness (QED) is 0.445. The van der Waals surface area contributed by atoms with Crippen LogP contribution in [-0.2, 0) is 0 Å². The zero-order valence-corrected chi connectivity index (χ0v) is 12.2. The molecule has 0 amide bonds. The Kier molecular flexibility index (Phi) is 5.50. The van der Waals surface area contributed by atoms with Gasteiger partial charge in [-0.2, -0.15) is 0 Å². The minimum absolute atomic E-state index is 0.0619. The van der Waals surface area contributed by atoms with Crippen molar-refractivity contribution in [2.24, 2.45) is 5.84 Å². The SMILES string of the molecule is CCC(CC)(CO)Nc1cc(NN)nc(C(C)C)n1. The van der Waals surface area contributed by atoms with Gasteiger partial charge in [0.1, 0.15) is 17.5 Å². The predicted molar refractivity (Wildman–Crippen MR) is 78.0 cm³/mol. The van der Waals surface area contributed by atoms with Gasteiger partial charge in [0.05, 0.1) is 12.1 Å². The van der Waals surface area contributed by atoms with E-state index in [0.29, 0.717) is 11.6 Å². The van der Waals surface area contributed by atoms with E-state index in [-0.39, 0.29) is 18.1 Å². The number of rotatable bonds is 7. The van der Waals surface area contributed by atoms with Gasteiger partial charge >= 0.3 is 0 Å². The molecule has 0 aliphatic rings. The van der Waals surface area contributed by atoms with E-state index in [9.17, 15) is 5.11 Å². The molecule has 0 aliphatic heterocycles. The first-order chi connectivity index (χ1) is 9.00. The van der Waals surface area contributed by atoms with Gasteiger partial charge in [0.2, 0.25) is 0 Å². The fourth-order valence-electron chi connectivity index (χ4n) is 1.82. The molecule has 1 rings (SSSR count). The Balaban J connectivity index is 3.08. The van der Waals surface area contributed by atoms with Gasteiger partial charge in [-0.1, -0.05) is 27.7 Å². The average Bonchev–Trinajstić information content (AvgIpc) is 2.44. The van der Waals surface area contributed by atoms with E-state index < -0.39 is 0 Å². The zero-order valence-electron chi connectivity index (χ0n) is 12.2. The van der Waals surface area contributed by atoms with Crippen molar-refractivity contribution in [1.29, 1.82) is 0 Å². The molecule has 19 heavy (non-hydrogen) atoms. The molecule has 0 unspecified atom stereocenters. The molecule has 0 radical (unpaired) electrons. The van der Waals surface area contributed by atoms with Crippen LogP contribution in [0.25, 0.3) is 0 Å². The van der Waals surface area contributed by atoms with E-state index in [2.05, 4.69) is 20.7 Å². The van der Waals surface area contributed by atoms with Crippen LogP contribution in [0.4, 0.5) is 11.6 Å². The van der Waals surface area contributed by atoms with E-state index in [0.717, 1.165) is 18.7 Å². The van der Waals surface area contributed by atoms with Gasteiger partial charge in [-0.25, -0.2) is 15.8 Å². The van der Waals surface area contributed by atoms with Crippen molar-refractivity contribution in [2.75, 3.05) is 17.3 Å². The zero-order chi connectivity index (χ0) is 14.5. The molecule has 108 valence electrons. The summed E-state index contributed by atoms with van der Waals surface area (Å²) in [6.45, 7) is 8.20. The van der Waals surface area contributed by atoms with E-state index in [1.165, 1.54) is 0 Å². The Labute approximate surface area is 114 Å². The van der Waals surface area contributed by atoms with Gasteiger partial charge in [-0.3, -0.25) is 0 Å². The van der Waals surface area contributed by atoms with Crippen LogP contribution in [0.15, 0.2) is 6.07 Å². The predicted octanol–water partition coefficient (Wildman–Crippen LogP) is 1.85. The number of anilines is 2. The Morgan fingerprint density at radius 2 is 1.84 bits per heavy atom. The normalized spacial score (nSPS) is 11.7. The highest BCUT2D eigenvalue weighted by atomic mass is 16.3. The number of aliphatic hydroxyl groups is 1. The van der Waals surface area contributed by atoms with Gasteiger partial charge < -0.3 is 15.8 Å². The summed E-state index contributed by atoms with van der Waals surface area (Å²) < 4.78 is 0.